The Labute approximate surface area is 108 Å². The molecular weight excluding hydrogens is 287 g/mol. The van der Waals surface area contributed by atoms with Crippen molar-refractivity contribution in [3.8, 4) is 0 Å². The normalized spacial score (nSPS) is 14.6. The highest BCUT2D eigenvalue weighted by Crippen LogP contribution is 2.24. The Bertz CT molecular complexity index is 535. The summed E-state index contributed by atoms with van der Waals surface area (Å²) in [5, 5.41) is 8.82. The molecule has 1 rings (SSSR count). The fourth-order valence-corrected chi connectivity index (χ4v) is 3.03. The second-order valence-electron chi connectivity index (χ2n) is 4.13. The van der Waals surface area contributed by atoms with Gasteiger partial charge in [-0.1, -0.05) is 0 Å². The molecule has 0 bridgehead atoms. The number of alkyl halides is 3. The van der Waals surface area contributed by atoms with E-state index in [0.29, 0.717) is 0 Å². The van der Waals surface area contributed by atoms with E-state index in [9.17, 15) is 21.6 Å². The molecule has 1 unspecified atom stereocenters. The molecule has 0 saturated heterocycles. The fraction of sp³-hybridized carbons (Fsp3) is 0.600. The van der Waals surface area contributed by atoms with E-state index in [4.69, 9.17) is 9.52 Å². The van der Waals surface area contributed by atoms with Crippen LogP contribution >= 0.6 is 0 Å². The number of aliphatic hydroxyl groups excluding tert-OH is 1. The molecule has 2 N–H and O–H groups in total. The summed E-state index contributed by atoms with van der Waals surface area (Å²) in [6.07, 6.45) is -5.72. The van der Waals surface area contributed by atoms with Gasteiger partial charge in [0.05, 0.1) is 6.42 Å². The Hall–Kier alpha value is -1.06. The van der Waals surface area contributed by atoms with Crippen LogP contribution in [0.25, 0.3) is 0 Å². The smallest absolute Gasteiger partial charge is 0.390 e. The lowest BCUT2D eigenvalue weighted by atomic mass is 10.2. The largest absolute Gasteiger partial charge is 0.462 e. The molecule has 5 nitrogen and oxygen atoms in total. The second-order valence-corrected chi connectivity index (χ2v) is 5.82. The number of nitrogens with one attached hydrogen (secondary N) is 1. The number of aryl methyl sites for hydroxylation is 1. The van der Waals surface area contributed by atoms with Crippen molar-refractivity contribution < 1.29 is 31.1 Å². The van der Waals surface area contributed by atoms with E-state index in [2.05, 4.69) is 0 Å². The van der Waals surface area contributed by atoms with E-state index < -0.39 is 35.3 Å². The molecule has 0 fully saturated rings. The van der Waals surface area contributed by atoms with Crippen molar-refractivity contribution in [2.75, 3.05) is 0 Å². The number of hydrogen-bond acceptors (Lipinski definition) is 4. The third-order valence-electron chi connectivity index (χ3n) is 2.26. The van der Waals surface area contributed by atoms with E-state index in [-0.39, 0.29) is 16.4 Å². The van der Waals surface area contributed by atoms with Gasteiger partial charge in [-0.25, -0.2) is 13.1 Å². The van der Waals surface area contributed by atoms with Crippen LogP contribution < -0.4 is 4.72 Å². The molecule has 1 heterocycles. The van der Waals surface area contributed by atoms with E-state index in [1.165, 1.54) is 6.92 Å². The number of furan rings is 1. The summed E-state index contributed by atoms with van der Waals surface area (Å²) < 4.78 is 67.0. The first-order chi connectivity index (χ1) is 8.55. The molecule has 9 heteroatoms. The van der Waals surface area contributed by atoms with Gasteiger partial charge in [0.15, 0.2) is 0 Å². The van der Waals surface area contributed by atoms with Crippen LogP contribution in [0.3, 0.4) is 0 Å². The lowest BCUT2D eigenvalue weighted by molar-refractivity contribution is -0.137. The first-order valence-electron chi connectivity index (χ1n) is 5.34. The van der Waals surface area contributed by atoms with Crippen LogP contribution in [-0.4, -0.2) is 25.7 Å². The highest BCUT2D eigenvalue weighted by molar-refractivity contribution is 7.89. The van der Waals surface area contributed by atoms with Crippen molar-refractivity contribution in [2.45, 2.75) is 44.0 Å². The third-order valence-corrected chi connectivity index (χ3v) is 3.96. The van der Waals surface area contributed by atoms with Crippen LogP contribution in [0.4, 0.5) is 13.2 Å². The summed E-state index contributed by atoms with van der Waals surface area (Å²) in [6.45, 7) is 1.98. The van der Waals surface area contributed by atoms with Gasteiger partial charge >= 0.3 is 6.18 Å². The molecule has 0 spiro atoms. The summed E-state index contributed by atoms with van der Waals surface area (Å²) >= 11 is 0. The Morgan fingerprint density at radius 2 is 2.05 bits per heavy atom. The first-order valence-corrected chi connectivity index (χ1v) is 6.82. The maximum absolute atomic E-state index is 12.1. The van der Waals surface area contributed by atoms with Crippen LogP contribution in [-0.2, 0) is 16.6 Å². The van der Waals surface area contributed by atoms with Gasteiger partial charge in [-0.3, -0.25) is 0 Å². The summed E-state index contributed by atoms with van der Waals surface area (Å²) in [7, 11) is -4.11. The zero-order valence-electron chi connectivity index (χ0n) is 10.3. The molecule has 0 amide bonds. The quantitative estimate of drug-likeness (QED) is 0.867. The van der Waals surface area contributed by atoms with Crippen molar-refractivity contribution in [3.05, 3.63) is 17.6 Å². The fourth-order valence-electron chi connectivity index (χ4n) is 1.59. The molecule has 0 saturated carbocycles. The van der Waals surface area contributed by atoms with E-state index in [0.717, 1.165) is 13.0 Å². The topological polar surface area (TPSA) is 79.5 Å². The SMILES string of the molecule is Cc1oc(CO)cc1S(=O)(=O)NC(C)CC(F)(F)F. The van der Waals surface area contributed by atoms with Crippen molar-refractivity contribution in [1.82, 2.24) is 4.72 Å². The Morgan fingerprint density at radius 1 is 1.47 bits per heavy atom. The highest BCUT2D eigenvalue weighted by Gasteiger charge is 2.32. The molecule has 0 aliphatic heterocycles. The van der Waals surface area contributed by atoms with Gasteiger partial charge in [0.25, 0.3) is 0 Å². The van der Waals surface area contributed by atoms with Gasteiger partial charge in [-0.15, -0.1) is 0 Å². The molecule has 1 aromatic rings. The third kappa shape index (κ3) is 4.51. The van der Waals surface area contributed by atoms with Gasteiger partial charge in [0.2, 0.25) is 10.0 Å². The standard InChI is InChI=1S/C10H14F3NO4S/c1-6(4-10(11,12)13)14-19(16,17)9-3-8(5-15)18-7(9)2/h3,6,14-15H,4-5H2,1-2H3. The van der Waals surface area contributed by atoms with Crippen molar-refractivity contribution in [3.63, 3.8) is 0 Å². The van der Waals surface area contributed by atoms with Gasteiger partial charge < -0.3 is 9.52 Å². The van der Waals surface area contributed by atoms with Crippen LogP contribution in [0.15, 0.2) is 15.4 Å². The van der Waals surface area contributed by atoms with Crippen molar-refractivity contribution in [1.29, 1.82) is 0 Å². The average molecular weight is 301 g/mol. The highest BCUT2D eigenvalue weighted by atomic mass is 32.2. The molecule has 0 radical (unpaired) electrons. The molecule has 1 atom stereocenters. The van der Waals surface area contributed by atoms with Crippen LogP contribution in [0.5, 0.6) is 0 Å². The van der Waals surface area contributed by atoms with Gasteiger partial charge in [-0.2, -0.15) is 13.2 Å². The Morgan fingerprint density at radius 3 is 2.47 bits per heavy atom. The molecule has 19 heavy (non-hydrogen) atoms. The molecule has 110 valence electrons. The summed E-state index contributed by atoms with van der Waals surface area (Å²) in [5.74, 6) is 0.0390. The minimum absolute atomic E-state index is 0.00996. The number of hydrogen-bond donors (Lipinski definition) is 2. The van der Waals surface area contributed by atoms with E-state index in [1.54, 1.807) is 0 Å². The van der Waals surface area contributed by atoms with Gasteiger partial charge in [0, 0.05) is 12.1 Å². The lowest BCUT2D eigenvalue weighted by Gasteiger charge is -2.15. The van der Waals surface area contributed by atoms with Gasteiger partial charge in [-0.05, 0) is 13.8 Å². The molecule has 1 aromatic heterocycles. The minimum Gasteiger partial charge on any atom is -0.462 e. The number of sulfonamides is 1. The Kier molecular flexibility index (Phi) is 4.64. The average Bonchev–Trinajstić information content (AvgIpc) is 2.56. The number of halogens is 3. The monoisotopic (exact) mass is 301 g/mol. The predicted molar refractivity (Wildman–Crippen MR) is 59.8 cm³/mol. The molecular formula is C10H14F3NO4S. The maximum atomic E-state index is 12.1. The number of rotatable bonds is 5. The number of aliphatic hydroxyl groups is 1. The summed E-state index contributed by atoms with van der Waals surface area (Å²) in [6, 6.07) is -0.213. The maximum Gasteiger partial charge on any atom is 0.390 e. The Balaban J connectivity index is 2.89. The first kappa shape index (κ1) is 16.0. The van der Waals surface area contributed by atoms with Crippen molar-refractivity contribution in [2.24, 2.45) is 0 Å². The van der Waals surface area contributed by atoms with Crippen LogP contribution in [0.2, 0.25) is 0 Å². The minimum atomic E-state index is -4.45. The predicted octanol–water partition coefficient (Wildman–Crippen LogP) is 1.70. The van der Waals surface area contributed by atoms with Gasteiger partial charge in [0.1, 0.15) is 23.0 Å². The van der Waals surface area contributed by atoms with Crippen LogP contribution in [0, 0.1) is 6.92 Å². The van der Waals surface area contributed by atoms with Crippen LogP contribution in [0.1, 0.15) is 24.9 Å². The zero-order valence-corrected chi connectivity index (χ0v) is 11.1. The summed E-state index contributed by atoms with van der Waals surface area (Å²) in [4.78, 5) is -0.273. The van der Waals surface area contributed by atoms with Crippen molar-refractivity contribution >= 4 is 10.0 Å². The van der Waals surface area contributed by atoms with E-state index >= 15 is 0 Å². The lowest BCUT2D eigenvalue weighted by Crippen LogP contribution is -2.36. The molecule has 0 aliphatic carbocycles. The molecule has 0 aliphatic rings. The summed E-state index contributed by atoms with van der Waals surface area (Å²) in [5.41, 5.74) is 0. The zero-order chi connectivity index (χ0) is 14.8. The van der Waals surface area contributed by atoms with E-state index in [1.807, 2.05) is 4.72 Å². The second kappa shape index (κ2) is 5.51. The molecule has 0 aromatic carbocycles.